The lowest BCUT2D eigenvalue weighted by Gasteiger charge is -2.11. The van der Waals surface area contributed by atoms with Gasteiger partial charge >= 0.3 is 12.0 Å². The molecule has 1 atom stereocenters. The van der Waals surface area contributed by atoms with E-state index in [2.05, 4.69) is 10.6 Å². The van der Waals surface area contributed by atoms with E-state index in [0.717, 1.165) is 5.56 Å². The van der Waals surface area contributed by atoms with Gasteiger partial charge in [-0.1, -0.05) is 24.6 Å². The summed E-state index contributed by atoms with van der Waals surface area (Å²) in [6.07, 6.45) is 0.386. The number of urea groups is 1. The number of carbonyl (C=O) groups excluding carboxylic acids is 1. The number of hydrogen-bond donors (Lipinski definition) is 3. The Hall–Kier alpha value is -1.75. The normalized spacial score (nSPS) is 11.7. The Morgan fingerprint density at radius 2 is 2.11 bits per heavy atom. The van der Waals surface area contributed by atoms with Gasteiger partial charge in [0.15, 0.2) is 0 Å². The molecule has 104 valence electrons. The first-order valence-corrected chi connectivity index (χ1v) is 6.31. The Bertz CT molecular complexity index is 477. The minimum atomic E-state index is -0.868. The van der Waals surface area contributed by atoms with Crippen LogP contribution in [0.25, 0.3) is 0 Å². The molecule has 3 N–H and O–H groups in total. The zero-order valence-corrected chi connectivity index (χ0v) is 11.6. The molecule has 19 heavy (non-hydrogen) atoms. The molecule has 0 saturated carbocycles. The van der Waals surface area contributed by atoms with E-state index in [1.807, 2.05) is 13.0 Å². The zero-order chi connectivity index (χ0) is 14.4. The highest BCUT2D eigenvalue weighted by atomic mass is 35.5. The average Bonchev–Trinajstić information content (AvgIpc) is 2.33. The molecular formula is C13H17ClN2O3. The highest BCUT2D eigenvalue weighted by molar-refractivity contribution is 6.31. The Morgan fingerprint density at radius 1 is 1.42 bits per heavy atom. The van der Waals surface area contributed by atoms with Gasteiger partial charge in [-0.3, -0.25) is 4.79 Å². The summed E-state index contributed by atoms with van der Waals surface area (Å²) >= 11 is 5.84. The van der Waals surface area contributed by atoms with Gasteiger partial charge in [-0.15, -0.1) is 0 Å². The molecule has 1 aromatic carbocycles. The molecule has 2 amide bonds. The van der Waals surface area contributed by atoms with E-state index in [-0.39, 0.29) is 6.03 Å². The van der Waals surface area contributed by atoms with Gasteiger partial charge in [0.1, 0.15) is 0 Å². The zero-order valence-electron chi connectivity index (χ0n) is 10.9. The number of carboxylic acids is 1. The molecule has 1 aromatic rings. The first-order chi connectivity index (χ1) is 8.90. The Kier molecular flexibility index (Phi) is 5.63. The lowest BCUT2D eigenvalue weighted by Crippen LogP contribution is -2.31. The predicted molar refractivity (Wildman–Crippen MR) is 74.6 cm³/mol. The largest absolute Gasteiger partial charge is 0.481 e. The van der Waals surface area contributed by atoms with E-state index in [1.165, 1.54) is 0 Å². The molecule has 6 heteroatoms. The summed E-state index contributed by atoms with van der Waals surface area (Å²) in [7, 11) is 0. The second-order valence-electron chi connectivity index (χ2n) is 4.37. The maximum Gasteiger partial charge on any atom is 0.319 e. The molecule has 0 radical (unpaired) electrons. The maximum absolute atomic E-state index is 11.6. The summed E-state index contributed by atoms with van der Waals surface area (Å²) in [4.78, 5) is 22.2. The Balaban J connectivity index is 2.43. The highest BCUT2D eigenvalue weighted by Crippen LogP contribution is 2.19. The standard InChI is InChI=1S/C13H17ClN2O3/c1-8-3-4-10(14)7-11(8)16-13(19)15-6-5-9(2)12(17)18/h3-4,7,9H,5-6H2,1-2H3,(H,17,18)(H2,15,16,19). The fraction of sp³-hybridized carbons (Fsp3) is 0.385. The quantitative estimate of drug-likeness (QED) is 0.778. The van der Waals surface area contributed by atoms with Gasteiger partial charge in [-0.2, -0.15) is 0 Å². The van der Waals surface area contributed by atoms with Crippen molar-refractivity contribution in [1.29, 1.82) is 0 Å². The Labute approximate surface area is 117 Å². The van der Waals surface area contributed by atoms with Crippen LogP contribution in [0.15, 0.2) is 18.2 Å². The summed E-state index contributed by atoms with van der Waals surface area (Å²) in [5, 5.41) is 14.5. The Morgan fingerprint density at radius 3 is 2.74 bits per heavy atom. The number of halogens is 1. The number of carboxylic acid groups (broad SMARTS) is 1. The van der Waals surface area contributed by atoms with E-state index in [1.54, 1.807) is 19.1 Å². The van der Waals surface area contributed by atoms with E-state index in [9.17, 15) is 9.59 Å². The molecule has 5 nitrogen and oxygen atoms in total. The maximum atomic E-state index is 11.6. The second kappa shape index (κ2) is 6.99. The lowest BCUT2D eigenvalue weighted by atomic mass is 10.1. The van der Waals surface area contributed by atoms with Crippen molar-refractivity contribution in [3.8, 4) is 0 Å². The third kappa shape index (κ3) is 5.18. The number of hydrogen-bond acceptors (Lipinski definition) is 2. The van der Waals surface area contributed by atoms with E-state index < -0.39 is 11.9 Å². The number of aryl methyl sites for hydroxylation is 1. The summed E-state index contributed by atoms with van der Waals surface area (Å²) in [5.74, 6) is -1.35. The van der Waals surface area contributed by atoms with Crippen LogP contribution in [0, 0.1) is 12.8 Å². The molecule has 0 fully saturated rings. The lowest BCUT2D eigenvalue weighted by molar-refractivity contribution is -0.141. The van der Waals surface area contributed by atoms with Crippen LogP contribution in [-0.4, -0.2) is 23.7 Å². The predicted octanol–water partition coefficient (Wildman–Crippen LogP) is 2.88. The summed E-state index contributed by atoms with van der Waals surface area (Å²) < 4.78 is 0. The number of nitrogens with one attached hydrogen (secondary N) is 2. The van der Waals surface area contributed by atoms with E-state index >= 15 is 0 Å². The van der Waals surface area contributed by atoms with Gasteiger partial charge in [0, 0.05) is 17.3 Å². The number of aliphatic carboxylic acids is 1. The van der Waals surface area contributed by atoms with Crippen molar-refractivity contribution in [1.82, 2.24) is 5.32 Å². The third-order valence-electron chi connectivity index (χ3n) is 2.73. The molecule has 0 spiro atoms. The van der Waals surface area contributed by atoms with Crippen LogP contribution in [-0.2, 0) is 4.79 Å². The fourth-order valence-corrected chi connectivity index (χ4v) is 1.59. The molecular weight excluding hydrogens is 268 g/mol. The van der Waals surface area contributed by atoms with Gasteiger partial charge < -0.3 is 15.7 Å². The first kappa shape index (κ1) is 15.3. The van der Waals surface area contributed by atoms with Gasteiger partial charge in [0.2, 0.25) is 0 Å². The van der Waals surface area contributed by atoms with Crippen LogP contribution in [0.5, 0.6) is 0 Å². The van der Waals surface area contributed by atoms with E-state index in [0.29, 0.717) is 23.7 Å². The minimum Gasteiger partial charge on any atom is -0.481 e. The van der Waals surface area contributed by atoms with Gasteiger partial charge in [0.25, 0.3) is 0 Å². The average molecular weight is 285 g/mol. The molecule has 0 aliphatic carbocycles. The number of carbonyl (C=O) groups is 2. The number of anilines is 1. The smallest absolute Gasteiger partial charge is 0.319 e. The SMILES string of the molecule is Cc1ccc(Cl)cc1NC(=O)NCCC(C)C(=O)O. The van der Waals surface area contributed by atoms with E-state index in [4.69, 9.17) is 16.7 Å². The van der Waals surface area contributed by atoms with Crippen molar-refractivity contribution in [2.45, 2.75) is 20.3 Å². The van der Waals surface area contributed by atoms with Crippen LogP contribution in [0.3, 0.4) is 0 Å². The van der Waals surface area contributed by atoms with Crippen LogP contribution in [0.1, 0.15) is 18.9 Å². The van der Waals surface area contributed by atoms with Crippen LogP contribution < -0.4 is 10.6 Å². The summed E-state index contributed by atoms with van der Waals surface area (Å²) in [6, 6.07) is 4.85. The summed E-state index contributed by atoms with van der Waals surface area (Å²) in [5.41, 5.74) is 1.54. The summed E-state index contributed by atoms with van der Waals surface area (Å²) in [6.45, 7) is 3.76. The first-order valence-electron chi connectivity index (χ1n) is 5.94. The molecule has 0 saturated heterocycles. The van der Waals surface area contributed by atoms with Gasteiger partial charge in [0.05, 0.1) is 5.92 Å². The molecule has 0 aliphatic rings. The highest BCUT2D eigenvalue weighted by Gasteiger charge is 2.11. The van der Waals surface area contributed by atoms with Crippen molar-refractivity contribution < 1.29 is 14.7 Å². The van der Waals surface area contributed by atoms with Crippen molar-refractivity contribution >= 4 is 29.3 Å². The molecule has 0 bridgehead atoms. The topological polar surface area (TPSA) is 78.4 Å². The minimum absolute atomic E-state index is 0.304. The van der Waals surface area contributed by atoms with Crippen LogP contribution in [0.2, 0.25) is 5.02 Å². The molecule has 1 rings (SSSR count). The van der Waals surface area contributed by atoms with Crippen LogP contribution in [0.4, 0.5) is 10.5 Å². The molecule has 1 unspecified atom stereocenters. The fourth-order valence-electron chi connectivity index (χ4n) is 1.42. The van der Waals surface area contributed by atoms with Crippen LogP contribution >= 0.6 is 11.6 Å². The molecule has 0 aromatic heterocycles. The van der Waals surface area contributed by atoms with Crippen molar-refractivity contribution in [3.63, 3.8) is 0 Å². The van der Waals surface area contributed by atoms with Crippen molar-refractivity contribution in [2.75, 3.05) is 11.9 Å². The number of rotatable bonds is 5. The third-order valence-corrected chi connectivity index (χ3v) is 2.97. The second-order valence-corrected chi connectivity index (χ2v) is 4.80. The van der Waals surface area contributed by atoms with Gasteiger partial charge in [-0.05, 0) is 31.0 Å². The van der Waals surface area contributed by atoms with Crippen molar-refractivity contribution in [3.05, 3.63) is 28.8 Å². The monoisotopic (exact) mass is 284 g/mol. The van der Waals surface area contributed by atoms with Gasteiger partial charge in [-0.25, -0.2) is 4.79 Å². The number of amides is 2. The molecule has 0 aliphatic heterocycles. The number of benzene rings is 1. The molecule has 0 heterocycles. The van der Waals surface area contributed by atoms with Crippen molar-refractivity contribution in [2.24, 2.45) is 5.92 Å².